The number of piperazine rings is 1. The minimum atomic E-state index is -0.514. The highest BCUT2D eigenvalue weighted by Crippen LogP contribution is 2.34. The number of rotatable bonds is 2. The molecule has 0 saturated carbocycles. The predicted molar refractivity (Wildman–Crippen MR) is 129 cm³/mol. The summed E-state index contributed by atoms with van der Waals surface area (Å²) >= 11 is 0. The van der Waals surface area contributed by atoms with E-state index in [-0.39, 0.29) is 11.7 Å². The second-order valence-electron chi connectivity index (χ2n) is 9.72. The number of pyridine rings is 1. The second-order valence-corrected chi connectivity index (χ2v) is 9.72. The highest BCUT2D eigenvalue weighted by molar-refractivity contribution is 6.03. The molecule has 170 valence electrons. The van der Waals surface area contributed by atoms with E-state index in [2.05, 4.69) is 43.0 Å². The quantitative estimate of drug-likeness (QED) is 0.581. The van der Waals surface area contributed by atoms with Gasteiger partial charge in [-0.25, -0.2) is 4.98 Å². The third kappa shape index (κ3) is 3.94. The molecule has 33 heavy (non-hydrogen) atoms. The Hall–Kier alpha value is -3.41. The van der Waals surface area contributed by atoms with Crippen LogP contribution in [0.1, 0.15) is 52.1 Å². The van der Waals surface area contributed by atoms with Crippen LogP contribution in [0.2, 0.25) is 0 Å². The van der Waals surface area contributed by atoms with Gasteiger partial charge in [0.05, 0.1) is 17.5 Å². The van der Waals surface area contributed by atoms with Crippen LogP contribution in [0.25, 0.3) is 10.9 Å². The number of carbonyl (C=O) groups excluding carboxylic acids is 2. The number of anilines is 1. The van der Waals surface area contributed by atoms with Crippen LogP contribution in [0.15, 0.2) is 42.5 Å². The fourth-order valence-electron chi connectivity index (χ4n) is 4.81. The standard InChI is InChI=1S/C27H29N3O3/c1-17-6-5-7-20-18(2)14-24(28-25(17)20)29-10-12-30(13-11-29)26(32)19-8-9-23-21(15-19)22(31)16-27(3,4)33-23/h5-9,14-15H,10-13,16H2,1-4H3. The van der Waals surface area contributed by atoms with Gasteiger partial charge in [0.1, 0.15) is 17.2 Å². The first-order valence-electron chi connectivity index (χ1n) is 11.5. The smallest absolute Gasteiger partial charge is 0.254 e. The van der Waals surface area contributed by atoms with Gasteiger partial charge in [0.2, 0.25) is 0 Å². The lowest BCUT2D eigenvalue weighted by Crippen LogP contribution is -2.49. The Bertz CT molecular complexity index is 1270. The van der Waals surface area contributed by atoms with Crippen molar-refractivity contribution in [2.75, 3.05) is 31.1 Å². The molecule has 1 aromatic heterocycles. The van der Waals surface area contributed by atoms with Crippen LogP contribution in [0, 0.1) is 13.8 Å². The third-order valence-corrected chi connectivity index (χ3v) is 6.62. The number of ketones is 1. The monoisotopic (exact) mass is 443 g/mol. The topological polar surface area (TPSA) is 62.7 Å². The van der Waals surface area contributed by atoms with Crippen molar-refractivity contribution in [1.29, 1.82) is 0 Å². The van der Waals surface area contributed by atoms with Gasteiger partial charge in [0, 0.05) is 37.1 Å². The summed E-state index contributed by atoms with van der Waals surface area (Å²) in [4.78, 5) is 34.8. The summed E-state index contributed by atoms with van der Waals surface area (Å²) in [6.07, 6.45) is 0.313. The van der Waals surface area contributed by atoms with E-state index in [9.17, 15) is 9.59 Å². The first kappa shape index (κ1) is 21.4. The highest BCUT2D eigenvalue weighted by Gasteiger charge is 2.33. The van der Waals surface area contributed by atoms with Gasteiger partial charge in [-0.1, -0.05) is 18.2 Å². The molecule has 6 heteroatoms. The van der Waals surface area contributed by atoms with E-state index in [1.165, 1.54) is 16.5 Å². The molecule has 1 amide bonds. The molecule has 0 bridgehead atoms. The van der Waals surface area contributed by atoms with Crippen LogP contribution < -0.4 is 9.64 Å². The summed E-state index contributed by atoms with van der Waals surface area (Å²) < 4.78 is 5.92. The van der Waals surface area contributed by atoms with Crippen LogP contribution in [0.4, 0.5) is 5.82 Å². The van der Waals surface area contributed by atoms with E-state index < -0.39 is 5.60 Å². The van der Waals surface area contributed by atoms with Gasteiger partial charge in [0.15, 0.2) is 5.78 Å². The summed E-state index contributed by atoms with van der Waals surface area (Å²) in [6, 6.07) is 13.6. The van der Waals surface area contributed by atoms with Crippen LogP contribution in [-0.4, -0.2) is 53.4 Å². The first-order valence-corrected chi connectivity index (χ1v) is 11.5. The molecule has 6 nitrogen and oxygen atoms in total. The van der Waals surface area contributed by atoms with Crippen molar-refractivity contribution in [2.45, 2.75) is 39.7 Å². The molecule has 0 atom stereocenters. The van der Waals surface area contributed by atoms with Gasteiger partial charge in [0.25, 0.3) is 5.91 Å². The minimum absolute atomic E-state index is 0.0220. The van der Waals surface area contributed by atoms with Gasteiger partial charge in [-0.2, -0.15) is 0 Å². The minimum Gasteiger partial charge on any atom is -0.487 e. The molecular weight excluding hydrogens is 414 g/mol. The summed E-state index contributed by atoms with van der Waals surface area (Å²) in [5.74, 6) is 1.49. The van der Waals surface area contributed by atoms with Crippen LogP contribution in [-0.2, 0) is 0 Å². The van der Waals surface area contributed by atoms with Gasteiger partial charge >= 0.3 is 0 Å². The van der Waals surface area contributed by atoms with E-state index in [1.807, 2.05) is 18.7 Å². The Morgan fingerprint density at radius 3 is 2.52 bits per heavy atom. The number of aryl methyl sites for hydroxylation is 2. The Kier molecular flexibility index (Phi) is 5.11. The number of para-hydroxylation sites is 1. The highest BCUT2D eigenvalue weighted by atomic mass is 16.5. The number of hydrogen-bond donors (Lipinski definition) is 0. The van der Waals surface area contributed by atoms with Crippen LogP contribution >= 0.6 is 0 Å². The van der Waals surface area contributed by atoms with Crippen molar-refractivity contribution >= 4 is 28.4 Å². The van der Waals surface area contributed by atoms with Gasteiger partial charge in [-0.3, -0.25) is 9.59 Å². The van der Waals surface area contributed by atoms with Gasteiger partial charge in [-0.15, -0.1) is 0 Å². The fourth-order valence-corrected chi connectivity index (χ4v) is 4.81. The zero-order chi connectivity index (χ0) is 23.3. The molecule has 2 aliphatic rings. The Morgan fingerprint density at radius 1 is 1.00 bits per heavy atom. The maximum absolute atomic E-state index is 13.2. The maximum Gasteiger partial charge on any atom is 0.254 e. The molecular formula is C27H29N3O3. The van der Waals surface area contributed by atoms with Crippen molar-refractivity contribution < 1.29 is 14.3 Å². The number of ether oxygens (including phenoxy) is 1. The van der Waals surface area contributed by atoms with Crippen molar-refractivity contribution in [3.63, 3.8) is 0 Å². The molecule has 1 saturated heterocycles. The summed E-state index contributed by atoms with van der Waals surface area (Å²) in [5, 5.41) is 1.18. The molecule has 0 aliphatic carbocycles. The Balaban J connectivity index is 1.31. The molecule has 3 heterocycles. The van der Waals surface area contributed by atoms with Crippen molar-refractivity contribution in [2.24, 2.45) is 0 Å². The van der Waals surface area contributed by atoms with Gasteiger partial charge < -0.3 is 14.5 Å². The van der Waals surface area contributed by atoms with E-state index in [0.717, 1.165) is 24.4 Å². The average Bonchev–Trinajstić information content (AvgIpc) is 2.78. The summed E-state index contributed by atoms with van der Waals surface area (Å²) in [5.41, 5.74) is 3.94. The number of nitrogens with zero attached hydrogens (tertiary/aromatic N) is 3. The Morgan fingerprint density at radius 2 is 1.76 bits per heavy atom. The number of carbonyl (C=O) groups is 2. The molecule has 1 fully saturated rings. The molecule has 3 aromatic rings. The fraction of sp³-hybridized carbons (Fsp3) is 0.370. The number of fused-ring (bicyclic) bond motifs is 2. The molecule has 0 unspecified atom stereocenters. The zero-order valence-corrected chi connectivity index (χ0v) is 19.6. The molecule has 0 N–H and O–H groups in total. The molecule has 5 rings (SSSR count). The van der Waals surface area contributed by atoms with Crippen LogP contribution in [0.5, 0.6) is 5.75 Å². The second kappa shape index (κ2) is 7.87. The molecule has 2 aromatic carbocycles. The number of Topliss-reactive ketones (excluding diaryl/α,β-unsaturated/α-hetero) is 1. The lowest BCUT2D eigenvalue weighted by Gasteiger charge is -2.36. The predicted octanol–water partition coefficient (Wildman–Crippen LogP) is 4.56. The number of hydrogen-bond acceptors (Lipinski definition) is 5. The Labute approximate surface area is 194 Å². The SMILES string of the molecule is Cc1cc(N2CCN(C(=O)c3ccc4c(c3)C(=O)CC(C)(C)O4)CC2)nc2c(C)cccc12. The van der Waals surface area contributed by atoms with Crippen molar-refractivity contribution in [3.05, 3.63) is 64.7 Å². The van der Waals surface area contributed by atoms with E-state index in [1.54, 1.807) is 18.2 Å². The number of benzene rings is 2. The normalized spacial score (nSPS) is 17.6. The maximum atomic E-state index is 13.2. The molecule has 2 aliphatic heterocycles. The average molecular weight is 444 g/mol. The number of amides is 1. The number of aromatic nitrogens is 1. The zero-order valence-electron chi connectivity index (χ0n) is 19.6. The lowest BCUT2D eigenvalue weighted by atomic mass is 9.92. The molecule has 0 radical (unpaired) electrons. The summed E-state index contributed by atoms with van der Waals surface area (Å²) in [7, 11) is 0. The summed E-state index contributed by atoms with van der Waals surface area (Å²) in [6.45, 7) is 10.7. The van der Waals surface area contributed by atoms with E-state index in [0.29, 0.717) is 36.4 Å². The van der Waals surface area contributed by atoms with E-state index in [4.69, 9.17) is 9.72 Å². The largest absolute Gasteiger partial charge is 0.487 e. The van der Waals surface area contributed by atoms with Crippen LogP contribution in [0.3, 0.4) is 0 Å². The van der Waals surface area contributed by atoms with Crippen molar-refractivity contribution in [1.82, 2.24) is 9.88 Å². The van der Waals surface area contributed by atoms with Gasteiger partial charge in [-0.05, 0) is 63.1 Å². The lowest BCUT2D eigenvalue weighted by molar-refractivity contribution is 0.0619. The van der Waals surface area contributed by atoms with E-state index >= 15 is 0 Å². The van der Waals surface area contributed by atoms with Crippen molar-refractivity contribution in [3.8, 4) is 5.75 Å². The first-order chi connectivity index (χ1) is 15.7. The molecule has 0 spiro atoms. The third-order valence-electron chi connectivity index (χ3n) is 6.62.